The molecule has 1 unspecified atom stereocenters. The van der Waals surface area contributed by atoms with Gasteiger partial charge in [0, 0.05) is 38.6 Å². The van der Waals surface area contributed by atoms with Crippen LogP contribution in [0.3, 0.4) is 0 Å². The van der Waals surface area contributed by atoms with Gasteiger partial charge in [0.2, 0.25) is 0 Å². The van der Waals surface area contributed by atoms with E-state index in [1.165, 1.54) is 0 Å². The first-order valence-corrected chi connectivity index (χ1v) is 6.95. The Hall–Kier alpha value is -1.56. The van der Waals surface area contributed by atoms with Gasteiger partial charge in [0.15, 0.2) is 0 Å². The van der Waals surface area contributed by atoms with Gasteiger partial charge >= 0.3 is 6.03 Å². The molecule has 0 N–H and O–H groups in total. The quantitative estimate of drug-likeness (QED) is 0.759. The Morgan fingerprint density at radius 1 is 1.21 bits per heavy atom. The SMILES string of the molecule is O=C(N1CCOCC1)N1CCCC(n2cccn2)C1. The van der Waals surface area contributed by atoms with Crippen molar-refractivity contribution in [2.45, 2.75) is 18.9 Å². The zero-order valence-corrected chi connectivity index (χ0v) is 11.1. The van der Waals surface area contributed by atoms with E-state index < -0.39 is 0 Å². The number of hydrogen-bond donors (Lipinski definition) is 0. The number of urea groups is 1. The van der Waals surface area contributed by atoms with Gasteiger partial charge in [0.05, 0.1) is 19.3 Å². The van der Waals surface area contributed by atoms with E-state index in [4.69, 9.17) is 4.74 Å². The predicted molar refractivity (Wildman–Crippen MR) is 69.9 cm³/mol. The molecule has 2 aliphatic rings. The van der Waals surface area contributed by atoms with Crippen LogP contribution < -0.4 is 0 Å². The molecular formula is C13H20N4O2. The molecule has 1 aromatic heterocycles. The number of ether oxygens (including phenoxy) is 1. The average Bonchev–Trinajstić information content (AvgIpc) is 3.02. The fourth-order valence-corrected chi connectivity index (χ4v) is 2.80. The molecule has 1 aromatic rings. The number of likely N-dealkylation sites (tertiary alicyclic amines) is 1. The lowest BCUT2D eigenvalue weighted by molar-refractivity contribution is 0.0392. The maximum absolute atomic E-state index is 12.4. The Bertz CT molecular complexity index is 414. The topological polar surface area (TPSA) is 50.6 Å². The van der Waals surface area contributed by atoms with E-state index in [1.807, 2.05) is 26.7 Å². The molecule has 3 heterocycles. The van der Waals surface area contributed by atoms with E-state index in [-0.39, 0.29) is 6.03 Å². The van der Waals surface area contributed by atoms with Crippen molar-refractivity contribution < 1.29 is 9.53 Å². The van der Waals surface area contributed by atoms with Crippen LogP contribution in [0.4, 0.5) is 4.79 Å². The van der Waals surface area contributed by atoms with Crippen molar-refractivity contribution in [1.82, 2.24) is 19.6 Å². The third-order valence-corrected chi connectivity index (χ3v) is 3.85. The molecule has 19 heavy (non-hydrogen) atoms. The summed E-state index contributed by atoms with van der Waals surface area (Å²) in [6.07, 6.45) is 5.91. The monoisotopic (exact) mass is 264 g/mol. The van der Waals surface area contributed by atoms with E-state index in [0.717, 1.165) is 25.9 Å². The van der Waals surface area contributed by atoms with Crippen LogP contribution in [0.5, 0.6) is 0 Å². The summed E-state index contributed by atoms with van der Waals surface area (Å²) in [5.74, 6) is 0. The van der Waals surface area contributed by atoms with E-state index >= 15 is 0 Å². The van der Waals surface area contributed by atoms with Gasteiger partial charge in [-0.3, -0.25) is 4.68 Å². The molecule has 0 aromatic carbocycles. The summed E-state index contributed by atoms with van der Waals surface area (Å²) in [5.41, 5.74) is 0. The fourth-order valence-electron chi connectivity index (χ4n) is 2.80. The number of rotatable bonds is 1. The molecule has 6 nitrogen and oxygen atoms in total. The molecule has 0 saturated carbocycles. The largest absolute Gasteiger partial charge is 0.378 e. The maximum Gasteiger partial charge on any atom is 0.320 e. The van der Waals surface area contributed by atoms with Gasteiger partial charge in [-0.2, -0.15) is 5.10 Å². The summed E-state index contributed by atoms with van der Waals surface area (Å²) in [7, 11) is 0. The Morgan fingerprint density at radius 2 is 2.05 bits per heavy atom. The van der Waals surface area contributed by atoms with Crippen LogP contribution in [0.2, 0.25) is 0 Å². The van der Waals surface area contributed by atoms with Gasteiger partial charge in [0.25, 0.3) is 0 Å². The van der Waals surface area contributed by atoms with Crippen LogP contribution in [0.25, 0.3) is 0 Å². The van der Waals surface area contributed by atoms with E-state index in [2.05, 4.69) is 5.10 Å². The van der Waals surface area contributed by atoms with Crippen molar-refractivity contribution in [3.8, 4) is 0 Å². The molecule has 2 saturated heterocycles. The first-order chi connectivity index (χ1) is 9.34. The van der Waals surface area contributed by atoms with Crippen LogP contribution in [0, 0.1) is 0 Å². The lowest BCUT2D eigenvalue weighted by atomic mass is 10.1. The highest BCUT2D eigenvalue weighted by atomic mass is 16.5. The third kappa shape index (κ3) is 2.73. The standard InChI is InChI=1S/C13H20N4O2/c18-13(15-7-9-19-10-8-15)16-5-1-3-12(11-16)17-6-2-4-14-17/h2,4,6,12H,1,3,5,7-11H2. The Kier molecular flexibility index (Phi) is 3.68. The van der Waals surface area contributed by atoms with Crippen LogP contribution in [0.15, 0.2) is 18.5 Å². The van der Waals surface area contributed by atoms with Crippen molar-refractivity contribution in [2.75, 3.05) is 39.4 Å². The van der Waals surface area contributed by atoms with Crippen LogP contribution in [-0.4, -0.2) is 65.0 Å². The zero-order chi connectivity index (χ0) is 13.1. The van der Waals surface area contributed by atoms with Gasteiger partial charge in [-0.25, -0.2) is 4.79 Å². The highest BCUT2D eigenvalue weighted by Crippen LogP contribution is 2.21. The molecule has 0 spiro atoms. The smallest absolute Gasteiger partial charge is 0.320 e. The first kappa shape index (κ1) is 12.5. The van der Waals surface area contributed by atoms with Gasteiger partial charge in [-0.05, 0) is 18.9 Å². The number of carbonyl (C=O) groups excluding carboxylic acids is 1. The number of morpholine rings is 1. The fraction of sp³-hybridized carbons (Fsp3) is 0.692. The van der Waals surface area contributed by atoms with Crippen molar-refractivity contribution in [2.24, 2.45) is 0 Å². The lowest BCUT2D eigenvalue weighted by Crippen LogP contribution is -2.51. The van der Waals surface area contributed by atoms with Gasteiger partial charge in [-0.1, -0.05) is 0 Å². The molecular weight excluding hydrogens is 244 g/mol. The Balaban J connectivity index is 1.62. The van der Waals surface area contributed by atoms with E-state index in [0.29, 0.717) is 32.3 Å². The summed E-state index contributed by atoms with van der Waals surface area (Å²) in [6, 6.07) is 2.40. The highest BCUT2D eigenvalue weighted by Gasteiger charge is 2.28. The molecule has 2 fully saturated rings. The molecule has 0 radical (unpaired) electrons. The second kappa shape index (κ2) is 5.61. The molecule has 6 heteroatoms. The molecule has 2 aliphatic heterocycles. The van der Waals surface area contributed by atoms with E-state index in [9.17, 15) is 4.79 Å². The molecule has 0 bridgehead atoms. The third-order valence-electron chi connectivity index (χ3n) is 3.85. The maximum atomic E-state index is 12.4. The Labute approximate surface area is 112 Å². The Morgan fingerprint density at radius 3 is 2.79 bits per heavy atom. The second-order valence-electron chi connectivity index (χ2n) is 5.11. The summed E-state index contributed by atoms with van der Waals surface area (Å²) < 4.78 is 7.26. The number of amides is 2. The van der Waals surface area contributed by atoms with Gasteiger partial charge < -0.3 is 14.5 Å². The van der Waals surface area contributed by atoms with Crippen molar-refractivity contribution >= 4 is 6.03 Å². The van der Waals surface area contributed by atoms with E-state index in [1.54, 1.807) is 6.20 Å². The van der Waals surface area contributed by atoms with Gasteiger partial charge in [-0.15, -0.1) is 0 Å². The summed E-state index contributed by atoms with van der Waals surface area (Å²) >= 11 is 0. The summed E-state index contributed by atoms with van der Waals surface area (Å²) in [5, 5.41) is 4.29. The number of nitrogens with zero attached hydrogens (tertiary/aromatic N) is 4. The number of aromatic nitrogens is 2. The normalized spacial score (nSPS) is 24.5. The highest BCUT2D eigenvalue weighted by molar-refractivity contribution is 5.74. The second-order valence-corrected chi connectivity index (χ2v) is 5.11. The molecule has 2 amide bonds. The van der Waals surface area contributed by atoms with Gasteiger partial charge in [0.1, 0.15) is 0 Å². The molecule has 104 valence electrons. The minimum atomic E-state index is 0.153. The molecule has 1 atom stereocenters. The molecule has 3 rings (SSSR count). The number of piperidine rings is 1. The van der Waals surface area contributed by atoms with Crippen molar-refractivity contribution in [1.29, 1.82) is 0 Å². The van der Waals surface area contributed by atoms with Crippen LogP contribution in [0.1, 0.15) is 18.9 Å². The summed E-state index contributed by atoms with van der Waals surface area (Å²) in [6.45, 7) is 4.35. The van der Waals surface area contributed by atoms with Crippen LogP contribution >= 0.6 is 0 Å². The van der Waals surface area contributed by atoms with Crippen molar-refractivity contribution in [3.05, 3.63) is 18.5 Å². The van der Waals surface area contributed by atoms with Crippen LogP contribution in [-0.2, 0) is 4.74 Å². The minimum absolute atomic E-state index is 0.153. The lowest BCUT2D eigenvalue weighted by Gasteiger charge is -2.37. The number of hydrogen-bond acceptors (Lipinski definition) is 3. The minimum Gasteiger partial charge on any atom is -0.378 e. The van der Waals surface area contributed by atoms with Crippen molar-refractivity contribution in [3.63, 3.8) is 0 Å². The first-order valence-electron chi connectivity index (χ1n) is 6.95. The number of carbonyl (C=O) groups is 1. The summed E-state index contributed by atoms with van der Waals surface area (Å²) in [4.78, 5) is 16.3. The average molecular weight is 264 g/mol. The molecule has 0 aliphatic carbocycles. The predicted octanol–water partition coefficient (Wildman–Crippen LogP) is 0.972. The zero-order valence-electron chi connectivity index (χ0n) is 11.1.